The maximum absolute atomic E-state index is 11.2. The molecule has 3 N–H and O–H groups in total. The van der Waals surface area contributed by atoms with Crippen molar-refractivity contribution in [2.75, 3.05) is 22.6 Å². The Balaban J connectivity index is 2.05. The van der Waals surface area contributed by atoms with Crippen LogP contribution >= 0.6 is 0 Å². The number of nitrogens with zero attached hydrogens (tertiary/aromatic N) is 2. The van der Waals surface area contributed by atoms with Gasteiger partial charge in [0.2, 0.25) is 5.95 Å². The highest BCUT2D eigenvalue weighted by molar-refractivity contribution is 7.91. The largest absolute Gasteiger partial charge is 0.368 e. The first-order valence-electron chi connectivity index (χ1n) is 4.61. The molecule has 0 bridgehead atoms. The van der Waals surface area contributed by atoms with E-state index in [1.165, 1.54) is 6.20 Å². The molecule has 1 aliphatic heterocycles. The molecule has 7 heteroatoms. The van der Waals surface area contributed by atoms with Gasteiger partial charge in [-0.05, 0) is 12.5 Å². The standard InChI is InChI=1S/C8H12N4O2S/c9-8-10-3-1-7(12-8)11-6-2-4-15(13,14)5-6/h1,3,6H,2,4-5H2,(H3,9,10,11,12). The van der Waals surface area contributed by atoms with Crippen LogP contribution in [0.25, 0.3) is 0 Å². The van der Waals surface area contributed by atoms with Crippen LogP contribution in [0.15, 0.2) is 12.3 Å². The van der Waals surface area contributed by atoms with E-state index in [2.05, 4.69) is 15.3 Å². The summed E-state index contributed by atoms with van der Waals surface area (Å²) in [5.74, 6) is 1.16. The summed E-state index contributed by atoms with van der Waals surface area (Å²) >= 11 is 0. The van der Waals surface area contributed by atoms with Crippen LogP contribution in [0.4, 0.5) is 11.8 Å². The monoisotopic (exact) mass is 228 g/mol. The topological polar surface area (TPSA) is 98.0 Å². The molecular weight excluding hydrogens is 216 g/mol. The lowest BCUT2D eigenvalue weighted by Gasteiger charge is -2.10. The molecule has 1 aliphatic rings. The van der Waals surface area contributed by atoms with Crippen molar-refractivity contribution in [1.29, 1.82) is 0 Å². The summed E-state index contributed by atoms with van der Waals surface area (Å²) in [7, 11) is -2.86. The van der Waals surface area contributed by atoms with Crippen molar-refractivity contribution >= 4 is 21.6 Å². The molecule has 2 rings (SSSR count). The van der Waals surface area contributed by atoms with Crippen LogP contribution in [0.3, 0.4) is 0 Å². The van der Waals surface area contributed by atoms with Crippen LogP contribution in [-0.4, -0.2) is 35.9 Å². The number of nitrogen functional groups attached to an aromatic ring is 1. The first-order valence-corrected chi connectivity index (χ1v) is 6.43. The molecule has 2 heterocycles. The van der Waals surface area contributed by atoms with E-state index in [1.54, 1.807) is 6.07 Å². The highest BCUT2D eigenvalue weighted by Crippen LogP contribution is 2.15. The molecule has 0 radical (unpaired) electrons. The van der Waals surface area contributed by atoms with Gasteiger partial charge in [0.1, 0.15) is 5.82 Å². The minimum absolute atomic E-state index is 0.0655. The van der Waals surface area contributed by atoms with E-state index in [4.69, 9.17) is 5.73 Å². The number of sulfone groups is 1. The smallest absolute Gasteiger partial charge is 0.221 e. The van der Waals surface area contributed by atoms with Crippen molar-refractivity contribution in [3.8, 4) is 0 Å². The van der Waals surface area contributed by atoms with Gasteiger partial charge >= 0.3 is 0 Å². The fourth-order valence-electron chi connectivity index (χ4n) is 1.57. The Kier molecular flexibility index (Phi) is 2.47. The van der Waals surface area contributed by atoms with Gasteiger partial charge in [-0.2, -0.15) is 4.98 Å². The molecule has 1 aromatic rings. The predicted octanol–water partition coefficient (Wildman–Crippen LogP) is -0.342. The number of nitrogens with one attached hydrogen (secondary N) is 1. The number of anilines is 2. The summed E-state index contributed by atoms with van der Waals surface area (Å²) in [6.45, 7) is 0. The minimum Gasteiger partial charge on any atom is -0.368 e. The highest BCUT2D eigenvalue weighted by Gasteiger charge is 2.27. The number of nitrogens with two attached hydrogens (primary N) is 1. The molecule has 1 fully saturated rings. The molecule has 1 aromatic heterocycles. The van der Waals surface area contributed by atoms with Crippen LogP contribution in [0.1, 0.15) is 6.42 Å². The summed E-state index contributed by atoms with van der Waals surface area (Å²) in [5.41, 5.74) is 5.41. The summed E-state index contributed by atoms with van der Waals surface area (Å²) in [6.07, 6.45) is 2.15. The highest BCUT2D eigenvalue weighted by atomic mass is 32.2. The molecule has 15 heavy (non-hydrogen) atoms. The van der Waals surface area contributed by atoms with Crippen LogP contribution in [0, 0.1) is 0 Å². The number of aromatic nitrogens is 2. The van der Waals surface area contributed by atoms with Gasteiger partial charge in [0.25, 0.3) is 0 Å². The lowest BCUT2D eigenvalue weighted by Crippen LogP contribution is -2.21. The van der Waals surface area contributed by atoms with Crippen molar-refractivity contribution in [1.82, 2.24) is 9.97 Å². The van der Waals surface area contributed by atoms with E-state index in [0.29, 0.717) is 12.2 Å². The van der Waals surface area contributed by atoms with Crippen molar-refractivity contribution < 1.29 is 8.42 Å². The Bertz CT molecular complexity index is 459. The maximum atomic E-state index is 11.2. The zero-order valence-electron chi connectivity index (χ0n) is 8.05. The Morgan fingerprint density at radius 1 is 1.53 bits per heavy atom. The van der Waals surface area contributed by atoms with Gasteiger partial charge in [-0.15, -0.1) is 0 Å². The van der Waals surface area contributed by atoms with Gasteiger partial charge in [-0.3, -0.25) is 0 Å². The fourth-order valence-corrected chi connectivity index (χ4v) is 3.25. The van der Waals surface area contributed by atoms with Gasteiger partial charge in [-0.25, -0.2) is 13.4 Å². The summed E-state index contributed by atoms with van der Waals surface area (Å²) < 4.78 is 22.4. The van der Waals surface area contributed by atoms with Gasteiger partial charge in [0.05, 0.1) is 11.5 Å². The normalized spacial score (nSPS) is 23.9. The number of hydrogen-bond acceptors (Lipinski definition) is 6. The van der Waals surface area contributed by atoms with Gasteiger partial charge in [0, 0.05) is 12.2 Å². The lowest BCUT2D eigenvalue weighted by atomic mass is 10.2. The van der Waals surface area contributed by atoms with Gasteiger partial charge < -0.3 is 11.1 Å². The average molecular weight is 228 g/mol. The van der Waals surface area contributed by atoms with Crippen LogP contribution in [-0.2, 0) is 9.84 Å². The molecule has 0 aliphatic carbocycles. The van der Waals surface area contributed by atoms with Crippen molar-refractivity contribution in [2.45, 2.75) is 12.5 Å². The first kappa shape index (κ1) is 10.2. The molecule has 0 spiro atoms. The lowest BCUT2D eigenvalue weighted by molar-refractivity contribution is 0.602. The molecular formula is C8H12N4O2S. The predicted molar refractivity (Wildman–Crippen MR) is 57.1 cm³/mol. The van der Waals surface area contributed by atoms with Gasteiger partial charge in [0.15, 0.2) is 9.84 Å². The van der Waals surface area contributed by atoms with E-state index in [0.717, 1.165) is 0 Å². The van der Waals surface area contributed by atoms with Crippen LogP contribution in [0.5, 0.6) is 0 Å². The number of rotatable bonds is 2. The zero-order valence-corrected chi connectivity index (χ0v) is 8.87. The van der Waals surface area contributed by atoms with E-state index >= 15 is 0 Å². The quantitative estimate of drug-likeness (QED) is 0.718. The summed E-state index contributed by atoms with van der Waals surface area (Å²) in [6, 6.07) is 1.60. The van der Waals surface area contributed by atoms with E-state index in [-0.39, 0.29) is 23.5 Å². The molecule has 82 valence electrons. The maximum Gasteiger partial charge on any atom is 0.221 e. The van der Waals surface area contributed by atoms with Gasteiger partial charge in [-0.1, -0.05) is 0 Å². The summed E-state index contributed by atoms with van der Waals surface area (Å²) in [5, 5.41) is 3.03. The Labute approximate surface area is 87.8 Å². The fraction of sp³-hybridized carbons (Fsp3) is 0.500. The molecule has 1 unspecified atom stereocenters. The van der Waals surface area contributed by atoms with E-state index in [1.807, 2.05) is 0 Å². The van der Waals surface area contributed by atoms with Crippen LogP contribution < -0.4 is 11.1 Å². The molecule has 1 atom stereocenters. The zero-order chi connectivity index (χ0) is 10.9. The number of hydrogen-bond donors (Lipinski definition) is 2. The molecule has 0 aromatic carbocycles. The van der Waals surface area contributed by atoms with Crippen molar-refractivity contribution in [2.24, 2.45) is 0 Å². The molecule has 6 nitrogen and oxygen atoms in total. The Hall–Kier alpha value is -1.37. The molecule has 1 saturated heterocycles. The second-order valence-corrected chi connectivity index (χ2v) is 5.77. The SMILES string of the molecule is Nc1nccc(NC2CCS(=O)(=O)C2)n1. The minimum atomic E-state index is -2.86. The van der Waals surface area contributed by atoms with E-state index in [9.17, 15) is 8.42 Å². The molecule has 0 amide bonds. The third-order valence-corrected chi connectivity index (χ3v) is 4.03. The first-order chi connectivity index (χ1) is 7.05. The second-order valence-electron chi connectivity index (χ2n) is 3.54. The van der Waals surface area contributed by atoms with Crippen molar-refractivity contribution in [3.63, 3.8) is 0 Å². The summed E-state index contributed by atoms with van der Waals surface area (Å²) in [4.78, 5) is 7.70. The van der Waals surface area contributed by atoms with Crippen LogP contribution in [0.2, 0.25) is 0 Å². The third-order valence-electron chi connectivity index (χ3n) is 2.26. The Morgan fingerprint density at radius 2 is 2.33 bits per heavy atom. The third kappa shape index (κ3) is 2.56. The second kappa shape index (κ2) is 3.65. The Morgan fingerprint density at radius 3 is 2.93 bits per heavy atom. The van der Waals surface area contributed by atoms with E-state index < -0.39 is 9.84 Å². The molecule has 0 saturated carbocycles. The van der Waals surface area contributed by atoms with Crippen molar-refractivity contribution in [3.05, 3.63) is 12.3 Å². The average Bonchev–Trinajstić information content (AvgIpc) is 2.45.